The molecule has 5 nitrogen and oxygen atoms in total. The van der Waals surface area contributed by atoms with E-state index in [4.69, 9.17) is 25.8 Å². The van der Waals surface area contributed by atoms with Crippen LogP contribution in [-0.4, -0.2) is 47.2 Å². The summed E-state index contributed by atoms with van der Waals surface area (Å²) in [6.07, 6.45) is 6.10. The minimum Gasteiger partial charge on any atom is -0.487 e. The van der Waals surface area contributed by atoms with Gasteiger partial charge in [-0.25, -0.2) is 0 Å². The molecule has 2 saturated heterocycles. The van der Waals surface area contributed by atoms with Gasteiger partial charge in [0.05, 0.1) is 24.9 Å². The van der Waals surface area contributed by atoms with Crippen LogP contribution in [0.5, 0.6) is 5.75 Å². The highest BCUT2D eigenvalue weighted by atomic mass is 35.5. The summed E-state index contributed by atoms with van der Waals surface area (Å²) in [4.78, 5) is 2.21. The second kappa shape index (κ2) is 11.9. The number of benzene rings is 2. The molecule has 2 aromatic carbocycles. The summed E-state index contributed by atoms with van der Waals surface area (Å²) in [6, 6.07) is 14.5. The Kier molecular flexibility index (Phi) is 8.71. The Balaban J connectivity index is 1.36. The molecule has 6 heteroatoms. The largest absolute Gasteiger partial charge is 0.487 e. The van der Waals surface area contributed by atoms with Crippen LogP contribution in [0.4, 0.5) is 0 Å². The Labute approximate surface area is 233 Å². The average molecular weight is 542 g/mol. The molecule has 1 N–H and O–H groups in total. The van der Waals surface area contributed by atoms with Gasteiger partial charge in [-0.2, -0.15) is 0 Å². The van der Waals surface area contributed by atoms with E-state index in [2.05, 4.69) is 56.9 Å². The van der Waals surface area contributed by atoms with Gasteiger partial charge in [0, 0.05) is 36.0 Å². The summed E-state index contributed by atoms with van der Waals surface area (Å²) in [6.45, 7) is 10.7. The van der Waals surface area contributed by atoms with Gasteiger partial charge in [-0.15, -0.1) is 0 Å². The van der Waals surface area contributed by atoms with Gasteiger partial charge in [0.2, 0.25) is 0 Å². The predicted molar refractivity (Wildman–Crippen MR) is 151 cm³/mol. The van der Waals surface area contributed by atoms with Crippen molar-refractivity contribution in [2.45, 2.75) is 103 Å². The zero-order valence-corrected chi connectivity index (χ0v) is 24.1. The molecule has 3 heterocycles. The van der Waals surface area contributed by atoms with E-state index >= 15 is 0 Å². The highest BCUT2D eigenvalue weighted by Gasteiger charge is 2.49. The molecule has 2 aromatic rings. The third-order valence-corrected chi connectivity index (χ3v) is 8.85. The number of hydrogen-bond donors (Lipinski definition) is 1. The van der Waals surface area contributed by atoms with Crippen molar-refractivity contribution >= 4 is 11.6 Å². The van der Waals surface area contributed by atoms with Crippen LogP contribution >= 0.6 is 11.6 Å². The summed E-state index contributed by atoms with van der Waals surface area (Å²) >= 11 is 6.23. The Morgan fingerprint density at radius 3 is 2.76 bits per heavy atom. The first-order valence-corrected chi connectivity index (χ1v) is 14.8. The summed E-state index contributed by atoms with van der Waals surface area (Å²) in [5.74, 6) is 2.03. The SMILES string of the molecule is CC(C)CCC[C@]1(C)Oc2ccc(C[C@@H]3OC[C@H](O)CN3Cc3cccc(Cl)c3)cc2[C@@H]2O[C@H](C)CC[C@H]21. The Bertz CT molecular complexity index is 1090. The molecule has 0 spiro atoms. The van der Waals surface area contributed by atoms with Gasteiger partial charge in [0.25, 0.3) is 0 Å². The number of fused-ring (bicyclic) bond motifs is 3. The smallest absolute Gasteiger partial charge is 0.125 e. The molecule has 0 radical (unpaired) electrons. The topological polar surface area (TPSA) is 51.2 Å². The monoisotopic (exact) mass is 541 g/mol. The third-order valence-electron chi connectivity index (χ3n) is 8.61. The molecule has 208 valence electrons. The number of halogens is 1. The van der Waals surface area contributed by atoms with E-state index in [-0.39, 0.29) is 24.0 Å². The fraction of sp³-hybridized carbons (Fsp3) is 0.625. The molecule has 0 aliphatic carbocycles. The summed E-state index contributed by atoms with van der Waals surface area (Å²) in [5.41, 5.74) is 3.29. The van der Waals surface area contributed by atoms with Gasteiger partial charge < -0.3 is 19.3 Å². The standard InChI is InChI=1S/C32H44ClNO4/c1-21(2)7-6-14-32(4)28-12-10-22(3)37-31(28)27-16-23(11-13-29(27)38-32)17-30-34(19-26(35)20-36-30)18-24-8-5-9-25(33)15-24/h5,8-9,11,13,15-16,21-22,26,28,30-31,35H,6-7,10,12,14,17-20H2,1-4H3/t22-,26-,28-,30+,31+,32+/m1/s1. The normalized spacial score (nSPS) is 31.5. The number of nitrogens with zero attached hydrogens (tertiary/aromatic N) is 1. The van der Waals surface area contributed by atoms with E-state index in [1.807, 2.05) is 18.2 Å². The zero-order valence-electron chi connectivity index (χ0n) is 23.4. The van der Waals surface area contributed by atoms with E-state index in [1.165, 1.54) is 24.0 Å². The van der Waals surface area contributed by atoms with Crippen LogP contribution in [0.15, 0.2) is 42.5 Å². The molecule has 0 bridgehead atoms. The number of rotatable bonds is 8. The number of aliphatic hydroxyl groups excluding tert-OH is 1. The van der Waals surface area contributed by atoms with Crippen molar-refractivity contribution < 1.29 is 19.3 Å². The van der Waals surface area contributed by atoms with Gasteiger partial charge in [0.15, 0.2) is 0 Å². The van der Waals surface area contributed by atoms with E-state index in [9.17, 15) is 5.11 Å². The first kappa shape index (κ1) is 27.9. The van der Waals surface area contributed by atoms with Crippen LogP contribution in [-0.2, 0) is 22.4 Å². The summed E-state index contributed by atoms with van der Waals surface area (Å²) < 4.78 is 19.6. The van der Waals surface area contributed by atoms with Gasteiger partial charge in [-0.3, -0.25) is 4.90 Å². The molecule has 38 heavy (non-hydrogen) atoms. The van der Waals surface area contributed by atoms with Crippen LogP contribution in [0.25, 0.3) is 0 Å². The van der Waals surface area contributed by atoms with E-state index in [1.54, 1.807) is 0 Å². The van der Waals surface area contributed by atoms with Gasteiger partial charge >= 0.3 is 0 Å². The molecule has 6 atom stereocenters. The van der Waals surface area contributed by atoms with Crippen molar-refractivity contribution in [1.82, 2.24) is 4.90 Å². The highest BCUT2D eigenvalue weighted by Crippen LogP contribution is 2.52. The zero-order chi connectivity index (χ0) is 26.9. The maximum absolute atomic E-state index is 10.3. The minimum absolute atomic E-state index is 0.0585. The fourth-order valence-electron chi connectivity index (χ4n) is 6.55. The lowest BCUT2D eigenvalue weighted by Crippen LogP contribution is -2.50. The van der Waals surface area contributed by atoms with E-state index in [0.29, 0.717) is 31.5 Å². The maximum atomic E-state index is 10.3. The molecule has 0 unspecified atom stereocenters. The predicted octanol–water partition coefficient (Wildman–Crippen LogP) is 6.94. The molecule has 2 fully saturated rings. The lowest BCUT2D eigenvalue weighted by molar-refractivity contribution is -0.153. The Hall–Kier alpha value is -1.63. The van der Waals surface area contributed by atoms with Crippen LogP contribution in [0.2, 0.25) is 5.02 Å². The molecule has 0 aromatic heterocycles. The molecule has 0 saturated carbocycles. The van der Waals surface area contributed by atoms with Crippen molar-refractivity contribution in [3.8, 4) is 5.75 Å². The summed E-state index contributed by atoms with van der Waals surface area (Å²) in [5, 5.41) is 11.0. The minimum atomic E-state index is -0.492. The Morgan fingerprint density at radius 2 is 1.97 bits per heavy atom. The van der Waals surface area contributed by atoms with Crippen LogP contribution in [0.1, 0.15) is 82.6 Å². The van der Waals surface area contributed by atoms with E-state index in [0.717, 1.165) is 42.0 Å². The molecule has 3 aliphatic rings. The number of hydrogen-bond acceptors (Lipinski definition) is 5. The van der Waals surface area contributed by atoms with Crippen LogP contribution < -0.4 is 4.74 Å². The first-order valence-electron chi connectivity index (χ1n) is 14.5. The lowest BCUT2D eigenvalue weighted by atomic mass is 9.72. The molecular weight excluding hydrogens is 498 g/mol. The van der Waals surface area contributed by atoms with Gasteiger partial charge in [0.1, 0.15) is 17.6 Å². The van der Waals surface area contributed by atoms with Crippen LogP contribution in [0, 0.1) is 11.8 Å². The van der Waals surface area contributed by atoms with Crippen molar-refractivity contribution in [2.24, 2.45) is 11.8 Å². The number of ether oxygens (including phenoxy) is 3. The highest BCUT2D eigenvalue weighted by molar-refractivity contribution is 6.30. The van der Waals surface area contributed by atoms with Gasteiger partial charge in [-0.05, 0) is 80.8 Å². The second-order valence-electron chi connectivity index (χ2n) is 12.3. The number of β-amino-alcohol motifs (C(OH)–C–C–N with tert-alkyl or cyclic N) is 1. The molecule has 0 amide bonds. The number of aliphatic hydroxyl groups is 1. The summed E-state index contributed by atoms with van der Waals surface area (Å²) in [7, 11) is 0. The lowest BCUT2D eigenvalue weighted by Gasteiger charge is -2.50. The van der Waals surface area contributed by atoms with Crippen molar-refractivity contribution in [3.63, 3.8) is 0 Å². The molecule has 3 aliphatic heterocycles. The second-order valence-corrected chi connectivity index (χ2v) is 12.8. The quantitative estimate of drug-likeness (QED) is 0.392. The van der Waals surface area contributed by atoms with Crippen LogP contribution in [0.3, 0.4) is 0 Å². The first-order chi connectivity index (χ1) is 18.2. The third kappa shape index (κ3) is 6.39. The Morgan fingerprint density at radius 1 is 1.13 bits per heavy atom. The van der Waals surface area contributed by atoms with E-state index < -0.39 is 6.10 Å². The van der Waals surface area contributed by atoms with Gasteiger partial charge in [-0.1, -0.05) is 50.1 Å². The van der Waals surface area contributed by atoms with Crippen molar-refractivity contribution in [3.05, 3.63) is 64.2 Å². The molecule has 5 rings (SSSR count). The maximum Gasteiger partial charge on any atom is 0.125 e. The van der Waals surface area contributed by atoms with Crippen molar-refractivity contribution in [1.29, 1.82) is 0 Å². The average Bonchev–Trinajstić information content (AvgIpc) is 2.86. The molecular formula is C32H44ClNO4. The fourth-order valence-corrected chi connectivity index (χ4v) is 6.77. The van der Waals surface area contributed by atoms with Crippen molar-refractivity contribution in [2.75, 3.05) is 13.2 Å².